The van der Waals surface area contributed by atoms with Gasteiger partial charge in [-0.05, 0) is 34.0 Å². The van der Waals surface area contributed by atoms with Crippen LogP contribution in [0.2, 0.25) is 0 Å². The minimum atomic E-state index is -0.0890. The Hall–Kier alpha value is -2.21. The van der Waals surface area contributed by atoms with Crippen molar-refractivity contribution in [3.63, 3.8) is 0 Å². The molecule has 1 unspecified atom stereocenters. The maximum absolute atomic E-state index is 13.2. The van der Waals surface area contributed by atoms with Crippen LogP contribution in [0.25, 0.3) is 10.2 Å². The van der Waals surface area contributed by atoms with Crippen LogP contribution in [-0.4, -0.2) is 28.7 Å². The number of halogens is 1. The van der Waals surface area contributed by atoms with Crippen molar-refractivity contribution in [2.75, 3.05) is 18.0 Å². The molecule has 1 atom stereocenters. The zero-order valence-corrected chi connectivity index (χ0v) is 16.3. The maximum atomic E-state index is 13.2. The van der Waals surface area contributed by atoms with E-state index in [2.05, 4.69) is 26.9 Å². The van der Waals surface area contributed by atoms with Crippen LogP contribution in [0.4, 0.5) is 5.95 Å². The van der Waals surface area contributed by atoms with E-state index in [1.165, 1.54) is 11.3 Å². The monoisotopic (exact) mass is 429 g/mol. The molecule has 0 radical (unpaired) electrons. The first-order chi connectivity index (χ1) is 12.6. The fourth-order valence-corrected chi connectivity index (χ4v) is 4.76. The van der Waals surface area contributed by atoms with Crippen LogP contribution in [0, 0.1) is 11.3 Å². The van der Waals surface area contributed by atoms with Crippen LogP contribution in [0.15, 0.2) is 38.9 Å². The van der Waals surface area contributed by atoms with Crippen molar-refractivity contribution in [1.29, 1.82) is 5.26 Å². The first-order valence-corrected chi connectivity index (χ1v) is 9.92. The van der Waals surface area contributed by atoms with E-state index < -0.39 is 0 Å². The van der Waals surface area contributed by atoms with E-state index in [0.717, 1.165) is 23.0 Å². The highest BCUT2D eigenvalue weighted by molar-refractivity contribution is 9.10. The summed E-state index contributed by atoms with van der Waals surface area (Å²) in [7, 11) is 0. The number of nitriles is 1. The zero-order valence-electron chi connectivity index (χ0n) is 13.9. The molecule has 0 aliphatic carbocycles. The molecule has 1 aromatic carbocycles. The topological polar surface area (TPSA) is 87.9 Å². The van der Waals surface area contributed by atoms with Crippen molar-refractivity contribution in [2.45, 2.75) is 19.0 Å². The molecule has 1 fully saturated rings. The highest BCUT2D eigenvalue weighted by atomic mass is 79.9. The van der Waals surface area contributed by atoms with E-state index >= 15 is 0 Å². The average Bonchev–Trinajstić information content (AvgIpc) is 3.24. The van der Waals surface area contributed by atoms with Crippen LogP contribution < -0.4 is 16.2 Å². The third-order valence-corrected chi connectivity index (χ3v) is 6.45. The second kappa shape index (κ2) is 6.83. The summed E-state index contributed by atoms with van der Waals surface area (Å²) in [5.41, 5.74) is 8.03. The lowest BCUT2D eigenvalue weighted by atomic mass is 10.1. The fourth-order valence-electron chi connectivity index (χ4n) is 3.25. The van der Waals surface area contributed by atoms with Gasteiger partial charge in [0.05, 0.1) is 22.7 Å². The summed E-state index contributed by atoms with van der Waals surface area (Å²) in [6.45, 7) is 1.74. The maximum Gasteiger partial charge on any atom is 0.273 e. The van der Waals surface area contributed by atoms with Crippen LogP contribution in [0.3, 0.4) is 0 Å². The standard InChI is InChI=1S/C18H16BrN5OS/c19-14-10-26-16-15(14)22-18(23-6-5-13(21)9-23)24(17(16)25)8-12-4-2-1-3-11(12)7-20/h1-4,10,13H,5-6,8-9,21H2. The van der Waals surface area contributed by atoms with E-state index in [0.29, 0.717) is 34.8 Å². The highest BCUT2D eigenvalue weighted by Crippen LogP contribution is 2.29. The molecule has 0 bridgehead atoms. The molecular weight excluding hydrogens is 414 g/mol. The number of hydrogen-bond donors (Lipinski definition) is 1. The normalized spacial score (nSPS) is 17.0. The largest absolute Gasteiger partial charge is 0.341 e. The van der Waals surface area contributed by atoms with Gasteiger partial charge in [-0.2, -0.15) is 5.26 Å². The van der Waals surface area contributed by atoms with Crippen molar-refractivity contribution < 1.29 is 0 Å². The Morgan fingerprint density at radius 1 is 1.42 bits per heavy atom. The second-order valence-electron chi connectivity index (χ2n) is 6.33. The lowest BCUT2D eigenvalue weighted by Crippen LogP contribution is -2.33. The predicted molar refractivity (Wildman–Crippen MR) is 107 cm³/mol. The van der Waals surface area contributed by atoms with Crippen molar-refractivity contribution in [2.24, 2.45) is 5.73 Å². The molecular formula is C18H16BrN5OS. The van der Waals surface area contributed by atoms with Crippen LogP contribution in [0.5, 0.6) is 0 Å². The molecule has 3 heterocycles. The minimum absolute atomic E-state index is 0.0772. The number of thiophene rings is 1. The minimum Gasteiger partial charge on any atom is -0.341 e. The Balaban J connectivity index is 1.90. The Labute approximate surface area is 162 Å². The SMILES string of the molecule is N#Cc1ccccc1Cn1c(N2CCC(N)C2)nc2c(Br)csc2c1=O. The summed E-state index contributed by atoms with van der Waals surface area (Å²) in [5, 5.41) is 11.3. The van der Waals surface area contributed by atoms with E-state index in [9.17, 15) is 10.1 Å². The van der Waals surface area contributed by atoms with Crippen molar-refractivity contribution in [1.82, 2.24) is 9.55 Å². The molecule has 1 saturated heterocycles. The van der Waals surface area contributed by atoms with E-state index in [-0.39, 0.29) is 11.6 Å². The van der Waals surface area contributed by atoms with Gasteiger partial charge in [-0.15, -0.1) is 11.3 Å². The highest BCUT2D eigenvalue weighted by Gasteiger charge is 2.25. The smallest absolute Gasteiger partial charge is 0.273 e. The van der Waals surface area contributed by atoms with Crippen LogP contribution in [0.1, 0.15) is 17.5 Å². The lowest BCUT2D eigenvalue weighted by molar-refractivity contribution is 0.707. The fraction of sp³-hybridized carbons (Fsp3) is 0.278. The van der Waals surface area contributed by atoms with Gasteiger partial charge >= 0.3 is 0 Å². The van der Waals surface area contributed by atoms with Gasteiger partial charge in [-0.25, -0.2) is 4.98 Å². The lowest BCUT2D eigenvalue weighted by Gasteiger charge is -2.22. The molecule has 6 nitrogen and oxygen atoms in total. The van der Waals surface area contributed by atoms with Crippen molar-refractivity contribution in [3.05, 3.63) is 55.6 Å². The van der Waals surface area contributed by atoms with E-state index in [4.69, 9.17) is 10.7 Å². The molecule has 3 aromatic rings. The average molecular weight is 430 g/mol. The summed E-state index contributed by atoms with van der Waals surface area (Å²) in [6.07, 6.45) is 0.869. The molecule has 4 rings (SSSR count). The summed E-state index contributed by atoms with van der Waals surface area (Å²) < 4.78 is 3.10. The molecule has 0 spiro atoms. The molecule has 1 aliphatic rings. The molecule has 2 N–H and O–H groups in total. The summed E-state index contributed by atoms with van der Waals surface area (Å²) in [4.78, 5) is 20.0. The Morgan fingerprint density at radius 2 is 2.23 bits per heavy atom. The quantitative estimate of drug-likeness (QED) is 0.691. The molecule has 26 heavy (non-hydrogen) atoms. The number of anilines is 1. The number of aromatic nitrogens is 2. The van der Waals surface area contributed by atoms with Crippen molar-refractivity contribution >= 4 is 43.4 Å². The molecule has 1 aliphatic heterocycles. The summed E-state index contributed by atoms with van der Waals surface area (Å²) in [5.74, 6) is 0.613. The molecule has 0 amide bonds. The number of nitrogens with two attached hydrogens (primary N) is 1. The number of nitrogens with zero attached hydrogens (tertiary/aromatic N) is 4. The van der Waals surface area contributed by atoms with E-state index in [1.54, 1.807) is 10.6 Å². The van der Waals surface area contributed by atoms with Gasteiger partial charge in [0.2, 0.25) is 5.95 Å². The van der Waals surface area contributed by atoms with Gasteiger partial charge < -0.3 is 10.6 Å². The van der Waals surface area contributed by atoms with Crippen LogP contribution in [-0.2, 0) is 6.54 Å². The van der Waals surface area contributed by atoms with Gasteiger partial charge in [0.1, 0.15) is 10.2 Å². The summed E-state index contributed by atoms with van der Waals surface area (Å²) >= 11 is 4.86. The second-order valence-corrected chi connectivity index (χ2v) is 8.06. The molecule has 0 saturated carbocycles. The van der Waals surface area contributed by atoms with Gasteiger partial charge in [0, 0.05) is 24.5 Å². The summed E-state index contributed by atoms with van der Waals surface area (Å²) in [6, 6.07) is 9.61. The van der Waals surface area contributed by atoms with Crippen LogP contribution >= 0.6 is 27.3 Å². The predicted octanol–water partition coefficient (Wildman–Crippen LogP) is 2.68. The van der Waals surface area contributed by atoms with Crippen molar-refractivity contribution in [3.8, 4) is 6.07 Å². The number of hydrogen-bond acceptors (Lipinski definition) is 6. The van der Waals surface area contributed by atoms with Gasteiger partial charge in [0.15, 0.2) is 0 Å². The van der Waals surface area contributed by atoms with E-state index in [1.807, 2.05) is 23.6 Å². The Bertz CT molecular complexity index is 1080. The van der Waals surface area contributed by atoms with Gasteiger partial charge in [0.25, 0.3) is 5.56 Å². The third kappa shape index (κ3) is 2.92. The third-order valence-electron chi connectivity index (χ3n) is 4.59. The number of fused-ring (bicyclic) bond motifs is 1. The first kappa shape index (κ1) is 17.2. The Kier molecular flexibility index (Phi) is 4.53. The number of rotatable bonds is 3. The first-order valence-electron chi connectivity index (χ1n) is 8.24. The van der Waals surface area contributed by atoms with Gasteiger partial charge in [-0.3, -0.25) is 9.36 Å². The van der Waals surface area contributed by atoms with Gasteiger partial charge in [-0.1, -0.05) is 18.2 Å². The molecule has 8 heteroatoms. The molecule has 2 aromatic heterocycles. The molecule has 132 valence electrons. The Morgan fingerprint density at radius 3 is 2.96 bits per heavy atom. The number of benzene rings is 1. The zero-order chi connectivity index (χ0) is 18.3.